The second-order valence-electron chi connectivity index (χ2n) is 7.07. The summed E-state index contributed by atoms with van der Waals surface area (Å²) in [5.74, 6) is -0.342. The van der Waals surface area contributed by atoms with E-state index >= 15 is 0 Å². The molecule has 3 aromatic rings. The second kappa shape index (κ2) is 8.37. The van der Waals surface area contributed by atoms with Crippen molar-refractivity contribution in [3.05, 3.63) is 51.4 Å². The Morgan fingerprint density at radius 1 is 1.21 bits per heavy atom. The summed E-state index contributed by atoms with van der Waals surface area (Å²) in [6.07, 6.45) is 5.87. The average molecular weight is 381 g/mol. The topological polar surface area (TPSA) is 92.2 Å². The lowest BCUT2D eigenvalue weighted by atomic mass is 10.1. The van der Waals surface area contributed by atoms with Crippen LogP contribution in [0.3, 0.4) is 0 Å². The van der Waals surface area contributed by atoms with E-state index < -0.39 is 0 Å². The van der Waals surface area contributed by atoms with Gasteiger partial charge in [0.2, 0.25) is 0 Å². The Bertz CT molecular complexity index is 1140. The standard InChI is InChI=1S/C21H27N5O2/c1-4-6-7-8-11-25-18(22)15(20(27)23-5-2)12-16-19(25)24-17-10-9-14(3)13-26(17)21(16)28/h9-10,12-13,22H,4-8,11H2,1-3H3,(H,23,27). The summed E-state index contributed by atoms with van der Waals surface area (Å²) in [6, 6.07) is 5.22. The van der Waals surface area contributed by atoms with Crippen molar-refractivity contribution >= 4 is 22.6 Å². The summed E-state index contributed by atoms with van der Waals surface area (Å²) in [5.41, 5.74) is 2.02. The summed E-state index contributed by atoms with van der Waals surface area (Å²) in [6.45, 7) is 6.90. The smallest absolute Gasteiger partial charge is 0.267 e. The van der Waals surface area contributed by atoms with Gasteiger partial charge in [0.05, 0.1) is 10.9 Å². The van der Waals surface area contributed by atoms with Crippen LogP contribution in [0.15, 0.2) is 29.2 Å². The zero-order valence-corrected chi connectivity index (χ0v) is 16.7. The van der Waals surface area contributed by atoms with E-state index in [0.29, 0.717) is 29.8 Å². The molecule has 0 saturated carbocycles. The Hall–Kier alpha value is -2.96. The maximum absolute atomic E-state index is 13.1. The Balaban J connectivity index is 2.28. The molecule has 148 valence electrons. The number of amides is 1. The second-order valence-corrected chi connectivity index (χ2v) is 7.07. The summed E-state index contributed by atoms with van der Waals surface area (Å²) >= 11 is 0. The zero-order chi connectivity index (χ0) is 20.3. The lowest BCUT2D eigenvalue weighted by Crippen LogP contribution is -2.35. The summed E-state index contributed by atoms with van der Waals surface area (Å²) in [7, 11) is 0. The molecule has 3 aromatic heterocycles. The van der Waals surface area contributed by atoms with Crippen molar-refractivity contribution in [2.24, 2.45) is 0 Å². The quantitative estimate of drug-likeness (QED) is 0.487. The molecule has 0 bridgehead atoms. The number of nitrogens with one attached hydrogen (secondary N) is 2. The third-order valence-electron chi connectivity index (χ3n) is 4.87. The minimum atomic E-state index is -0.342. The first kappa shape index (κ1) is 19.8. The summed E-state index contributed by atoms with van der Waals surface area (Å²) < 4.78 is 3.21. The highest BCUT2D eigenvalue weighted by Crippen LogP contribution is 2.12. The Morgan fingerprint density at radius 2 is 2.00 bits per heavy atom. The van der Waals surface area contributed by atoms with Crippen LogP contribution in [0.5, 0.6) is 0 Å². The number of aromatic nitrogens is 3. The average Bonchev–Trinajstić information content (AvgIpc) is 2.67. The predicted octanol–water partition coefficient (Wildman–Crippen LogP) is 2.77. The molecular formula is C21H27N5O2. The van der Waals surface area contributed by atoms with Gasteiger partial charge in [0, 0.05) is 19.3 Å². The fourth-order valence-electron chi connectivity index (χ4n) is 3.39. The van der Waals surface area contributed by atoms with Crippen molar-refractivity contribution in [2.45, 2.75) is 53.0 Å². The van der Waals surface area contributed by atoms with Gasteiger partial charge >= 0.3 is 0 Å². The van der Waals surface area contributed by atoms with Gasteiger partial charge in [-0.2, -0.15) is 0 Å². The first-order valence-corrected chi connectivity index (χ1v) is 9.87. The van der Waals surface area contributed by atoms with Crippen molar-refractivity contribution in [1.29, 1.82) is 5.41 Å². The van der Waals surface area contributed by atoms with Gasteiger partial charge in [-0.15, -0.1) is 0 Å². The number of nitrogens with zero attached hydrogens (tertiary/aromatic N) is 3. The highest BCUT2D eigenvalue weighted by Gasteiger charge is 2.17. The third kappa shape index (κ3) is 3.69. The largest absolute Gasteiger partial charge is 0.352 e. The van der Waals surface area contributed by atoms with Crippen LogP contribution in [0.4, 0.5) is 0 Å². The normalized spacial score (nSPS) is 11.2. The molecule has 7 nitrogen and oxygen atoms in total. The molecule has 0 unspecified atom stereocenters. The van der Waals surface area contributed by atoms with Gasteiger partial charge in [-0.05, 0) is 38.0 Å². The number of carbonyl (C=O) groups excluding carboxylic acids is 1. The van der Waals surface area contributed by atoms with Gasteiger partial charge in [0.25, 0.3) is 11.5 Å². The molecule has 0 spiro atoms. The van der Waals surface area contributed by atoms with Crippen molar-refractivity contribution in [1.82, 2.24) is 19.3 Å². The fraction of sp³-hybridized carbons (Fsp3) is 0.429. The van der Waals surface area contributed by atoms with E-state index in [1.807, 2.05) is 19.9 Å². The molecule has 0 aromatic carbocycles. The third-order valence-corrected chi connectivity index (χ3v) is 4.87. The molecule has 3 rings (SSSR count). The number of aryl methyl sites for hydroxylation is 2. The SMILES string of the molecule is CCCCCCn1c(=N)c(C(=O)NCC)cc2c(=O)n3cc(C)ccc3nc21. The number of rotatable bonds is 7. The Labute approximate surface area is 163 Å². The molecule has 0 fully saturated rings. The number of unbranched alkanes of at least 4 members (excludes halogenated alkanes) is 3. The maximum atomic E-state index is 13.1. The minimum absolute atomic E-state index is 0.0957. The Morgan fingerprint density at radius 3 is 2.71 bits per heavy atom. The number of hydrogen-bond donors (Lipinski definition) is 2. The molecule has 3 heterocycles. The first-order chi connectivity index (χ1) is 13.5. The fourth-order valence-corrected chi connectivity index (χ4v) is 3.39. The van der Waals surface area contributed by atoms with Crippen LogP contribution < -0.4 is 16.4 Å². The van der Waals surface area contributed by atoms with Crippen LogP contribution in [0.25, 0.3) is 16.7 Å². The maximum Gasteiger partial charge on any atom is 0.267 e. The zero-order valence-electron chi connectivity index (χ0n) is 16.7. The van der Waals surface area contributed by atoms with Gasteiger partial charge < -0.3 is 9.88 Å². The van der Waals surface area contributed by atoms with Gasteiger partial charge in [-0.3, -0.25) is 19.4 Å². The molecular weight excluding hydrogens is 354 g/mol. The van der Waals surface area contributed by atoms with Crippen molar-refractivity contribution in [2.75, 3.05) is 6.54 Å². The van der Waals surface area contributed by atoms with Crippen LogP contribution in [-0.2, 0) is 6.54 Å². The number of carbonyl (C=O) groups is 1. The number of fused-ring (bicyclic) bond motifs is 2. The minimum Gasteiger partial charge on any atom is -0.352 e. The van der Waals surface area contributed by atoms with Crippen molar-refractivity contribution in [3.63, 3.8) is 0 Å². The highest BCUT2D eigenvalue weighted by molar-refractivity contribution is 5.96. The number of hydrogen-bond acceptors (Lipinski definition) is 4. The lowest BCUT2D eigenvalue weighted by Gasteiger charge is -2.14. The van der Waals surface area contributed by atoms with E-state index in [2.05, 4.69) is 17.2 Å². The van der Waals surface area contributed by atoms with Crippen LogP contribution in [0, 0.1) is 12.3 Å². The van der Waals surface area contributed by atoms with E-state index in [-0.39, 0.29) is 22.5 Å². The molecule has 0 atom stereocenters. The lowest BCUT2D eigenvalue weighted by molar-refractivity contribution is 0.0953. The van der Waals surface area contributed by atoms with Crippen LogP contribution in [0.2, 0.25) is 0 Å². The molecule has 0 radical (unpaired) electrons. The van der Waals surface area contributed by atoms with Crippen LogP contribution in [-0.4, -0.2) is 26.4 Å². The monoisotopic (exact) mass is 381 g/mol. The van der Waals surface area contributed by atoms with Crippen LogP contribution >= 0.6 is 0 Å². The molecule has 0 aliphatic heterocycles. The van der Waals surface area contributed by atoms with Gasteiger partial charge in [0.1, 0.15) is 16.8 Å². The Kier molecular flexibility index (Phi) is 5.92. The number of pyridine rings is 2. The molecule has 28 heavy (non-hydrogen) atoms. The molecule has 2 N–H and O–H groups in total. The highest BCUT2D eigenvalue weighted by atomic mass is 16.1. The van der Waals surface area contributed by atoms with Crippen molar-refractivity contribution < 1.29 is 4.79 Å². The van der Waals surface area contributed by atoms with Gasteiger partial charge in [-0.1, -0.05) is 32.3 Å². The van der Waals surface area contributed by atoms with E-state index in [9.17, 15) is 9.59 Å². The molecule has 0 saturated heterocycles. The van der Waals surface area contributed by atoms with Crippen molar-refractivity contribution in [3.8, 4) is 0 Å². The van der Waals surface area contributed by atoms with Gasteiger partial charge in [-0.25, -0.2) is 4.98 Å². The predicted molar refractivity (Wildman–Crippen MR) is 110 cm³/mol. The first-order valence-electron chi connectivity index (χ1n) is 9.87. The molecule has 0 aliphatic rings. The molecule has 7 heteroatoms. The molecule has 0 aliphatic carbocycles. The van der Waals surface area contributed by atoms with Gasteiger partial charge in [0.15, 0.2) is 0 Å². The van der Waals surface area contributed by atoms with E-state index in [4.69, 9.17) is 5.41 Å². The summed E-state index contributed by atoms with van der Waals surface area (Å²) in [5, 5.41) is 11.7. The van der Waals surface area contributed by atoms with E-state index in [1.165, 1.54) is 10.5 Å². The molecule has 1 amide bonds. The summed E-state index contributed by atoms with van der Waals surface area (Å²) in [4.78, 5) is 30.3. The van der Waals surface area contributed by atoms with E-state index in [1.54, 1.807) is 16.8 Å². The van der Waals surface area contributed by atoms with E-state index in [0.717, 1.165) is 31.2 Å². The van der Waals surface area contributed by atoms with Crippen LogP contribution in [0.1, 0.15) is 55.5 Å².